The van der Waals surface area contributed by atoms with E-state index in [9.17, 15) is 9.59 Å². The lowest BCUT2D eigenvalue weighted by molar-refractivity contribution is -0.122. The fourth-order valence-corrected chi connectivity index (χ4v) is 3.73. The molecule has 0 saturated carbocycles. The Morgan fingerprint density at radius 2 is 1.96 bits per heavy atom. The van der Waals surface area contributed by atoms with E-state index >= 15 is 0 Å². The van der Waals surface area contributed by atoms with Crippen LogP contribution >= 0.6 is 11.3 Å². The number of piperidine rings is 1. The monoisotopic (exact) mass is 346 g/mol. The van der Waals surface area contributed by atoms with Crippen molar-refractivity contribution >= 4 is 23.2 Å². The Morgan fingerprint density at radius 1 is 1.25 bits per heavy atom. The van der Waals surface area contributed by atoms with Crippen LogP contribution in [0.15, 0.2) is 36.0 Å². The van der Waals surface area contributed by atoms with Crippen molar-refractivity contribution in [2.45, 2.75) is 18.9 Å². The molecule has 1 fully saturated rings. The van der Waals surface area contributed by atoms with E-state index in [0.717, 1.165) is 36.5 Å². The van der Waals surface area contributed by atoms with Crippen LogP contribution in [0.1, 0.15) is 22.5 Å². The highest BCUT2D eigenvalue weighted by atomic mass is 32.1. The molecule has 0 spiro atoms. The first-order chi connectivity index (χ1) is 11.7. The zero-order chi connectivity index (χ0) is 16.9. The van der Waals surface area contributed by atoms with E-state index in [-0.39, 0.29) is 17.9 Å². The first kappa shape index (κ1) is 16.7. The van der Waals surface area contributed by atoms with Gasteiger partial charge in [-0.2, -0.15) is 0 Å². The Hall–Kier alpha value is -2.12. The molecule has 7 heteroatoms. The summed E-state index contributed by atoms with van der Waals surface area (Å²) in [4.78, 5) is 26.9. The van der Waals surface area contributed by atoms with Gasteiger partial charge in [-0.15, -0.1) is 11.3 Å². The van der Waals surface area contributed by atoms with Crippen LogP contribution in [0.2, 0.25) is 0 Å². The lowest BCUT2D eigenvalue weighted by Gasteiger charge is -2.31. The minimum absolute atomic E-state index is 0.0153. The SMILES string of the molecule is CNC(=O)CN1CCC(NC(=O)c2sccc2-n2cccc2)CC1. The van der Waals surface area contributed by atoms with Gasteiger partial charge in [-0.25, -0.2) is 0 Å². The van der Waals surface area contributed by atoms with Crippen LogP contribution in [-0.2, 0) is 4.79 Å². The quantitative estimate of drug-likeness (QED) is 0.862. The summed E-state index contributed by atoms with van der Waals surface area (Å²) in [5.74, 6) is 0.0193. The fraction of sp³-hybridized carbons (Fsp3) is 0.412. The molecule has 128 valence electrons. The number of thiophene rings is 1. The normalized spacial score (nSPS) is 16.0. The first-order valence-corrected chi connectivity index (χ1v) is 9.00. The number of carbonyl (C=O) groups excluding carboxylic acids is 2. The third-order valence-electron chi connectivity index (χ3n) is 4.30. The molecule has 1 aliphatic rings. The maximum absolute atomic E-state index is 12.6. The summed E-state index contributed by atoms with van der Waals surface area (Å²) >= 11 is 1.46. The summed E-state index contributed by atoms with van der Waals surface area (Å²) in [6.07, 6.45) is 5.62. The van der Waals surface area contributed by atoms with E-state index in [0.29, 0.717) is 6.54 Å². The topological polar surface area (TPSA) is 66.4 Å². The van der Waals surface area contributed by atoms with Gasteiger partial charge in [-0.05, 0) is 36.4 Å². The van der Waals surface area contributed by atoms with E-state index in [1.807, 2.05) is 40.5 Å². The Balaban J connectivity index is 1.56. The molecule has 24 heavy (non-hydrogen) atoms. The minimum Gasteiger partial charge on any atom is -0.358 e. The molecular weight excluding hydrogens is 324 g/mol. The van der Waals surface area contributed by atoms with E-state index < -0.39 is 0 Å². The molecule has 1 saturated heterocycles. The van der Waals surface area contributed by atoms with E-state index in [4.69, 9.17) is 0 Å². The summed E-state index contributed by atoms with van der Waals surface area (Å²) in [5, 5.41) is 7.73. The predicted octanol–water partition coefficient (Wildman–Crippen LogP) is 1.48. The largest absolute Gasteiger partial charge is 0.358 e. The Morgan fingerprint density at radius 3 is 2.62 bits per heavy atom. The second-order valence-corrected chi connectivity index (χ2v) is 6.84. The number of amides is 2. The van der Waals surface area contributed by atoms with Gasteiger partial charge in [0.2, 0.25) is 5.91 Å². The Labute approximate surface area is 145 Å². The molecule has 1 aliphatic heterocycles. The Bertz CT molecular complexity index is 687. The molecule has 2 aromatic heterocycles. The summed E-state index contributed by atoms with van der Waals surface area (Å²) in [7, 11) is 1.65. The van der Waals surface area contributed by atoms with E-state index in [1.54, 1.807) is 7.05 Å². The molecule has 2 amide bonds. The van der Waals surface area contributed by atoms with Crippen LogP contribution in [0.4, 0.5) is 0 Å². The zero-order valence-electron chi connectivity index (χ0n) is 13.7. The maximum Gasteiger partial charge on any atom is 0.263 e. The van der Waals surface area contributed by atoms with Gasteiger partial charge in [-0.3, -0.25) is 14.5 Å². The van der Waals surface area contributed by atoms with Gasteiger partial charge >= 0.3 is 0 Å². The molecule has 0 aromatic carbocycles. The highest BCUT2D eigenvalue weighted by molar-refractivity contribution is 7.12. The highest BCUT2D eigenvalue weighted by Crippen LogP contribution is 2.22. The van der Waals surface area contributed by atoms with Crippen molar-refractivity contribution in [3.05, 3.63) is 40.8 Å². The number of hydrogen-bond donors (Lipinski definition) is 2. The van der Waals surface area contributed by atoms with Crippen molar-refractivity contribution < 1.29 is 9.59 Å². The standard InChI is InChI=1S/C17H22N4O2S/c1-18-15(22)12-20-9-4-13(5-10-20)19-17(23)16-14(6-11-24-16)21-7-2-3-8-21/h2-3,6-8,11,13H,4-5,9-10,12H2,1H3,(H,18,22)(H,19,23). The third kappa shape index (κ3) is 3.85. The molecule has 2 N–H and O–H groups in total. The van der Waals surface area contributed by atoms with Crippen LogP contribution in [0.25, 0.3) is 5.69 Å². The van der Waals surface area contributed by atoms with Crippen molar-refractivity contribution in [1.82, 2.24) is 20.1 Å². The molecular formula is C17H22N4O2S. The second kappa shape index (κ2) is 7.63. The highest BCUT2D eigenvalue weighted by Gasteiger charge is 2.23. The number of aromatic nitrogens is 1. The third-order valence-corrected chi connectivity index (χ3v) is 5.20. The van der Waals surface area contributed by atoms with Crippen molar-refractivity contribution in [3.8, 4) is 5.69 Å². The minimum atomic E-state index is -0.0153. The summed E-state index contributed by atoms with van der Waals surface area (Å²) in [6.45, 7) is 2.08. The fourth-order valence-electron chi connectivity index (χ4n) is 2.94. The van der Waals surface area contributed by atoms with Gasteiger partial charge in [0.05, 0.1) is 12.2 Å². The van der Waals surface area contributed by atoms with Crippen LogP contribution in [0.5, 0.6) is 0 Å². The van der Waals surface area contributed by atoms with Crippen molar-refractivity contribution in [2.75, 3.05) is 26.7 Å². The van der Waals surface area contributed by atoms with E-state index in [2.05, 4.69) is 15.5 Å². The lowest BCUT2D eigenvalue weighted by atomic mass is 10.0. The number of carbonyl (C=O) groups is 2. The Kier molecular flexibility index (Phi) is 5.32. The van der Waals surface area contributed by atoms with Gasteiger partial charge in [0.15, 0.2) is 0 Å². The van der Waals surface area contributed by atoms with Gasteiger partial charge in [-0.1, -0.05) is 0 Å². The summed E-state index contributed by atoms with van der Waals surface area (Å²) in [5.41, 5.74) is 0.916. The van der Waals surface area contributed by atoms with Gasteiger partial charge in [0.1, 0.15) is 4.88 Å². The van der Waals surface area contributed by atoms with Crippen molar-refractivity contribution in [3.63, 3.8) is 0 Å². The molecule has 0 radical (unpaired) electrons. The molecule has 0 bridgehead atoms. The molecule has 3 heterocycles. The number of likely N-dealkylation sites (tertiary alicyclic amines) is 1. The van der Waals surface area contributed by atoms with Crippen LogP contribution in [0, 0.1) is 0 Å². The molecule has 0 aliphatic carbocycles. The number of likely N-dealkylation sites (N-methyl/N-ethyl adjacent to an activating group) is 1. The van der Waals surface area contributed by atoms with Crippen LogP contribution < -0.4 is 10.6 Å². The van der Waals surface area contributed by atoms with Gasteiger partial charge < -0.3 is 15.2 Å². The van der Waals surface area contributed by atoms with Gasteiger partial charge in [0.25, 0.3) is 5.91 Å². The molecule has 3 rings (SSSR count). The number of nitrogens with zero attached hydrogens (tertiary/aromatic N) is 2. The predicted molar refractivity (Wildman–Crippen MR) is 94.6 cm³/mol. The maximum atomic E-state index is 12.6. The average Bonchev–Trinajstić information content (AvgIpc) is 3.27. The smallest absolute Gasteiger partial charge is 0.263 e. The zero-order valence-corrected chi connectivity index (χ0v) is 14.5. The number of hydrogen-bond acceptors (Lipinski definition) is 4. The van der Waals surface area contributed by atoms with Crippen molar-refractivity contribution in [1.29, 1.82) is 0 Å². The summed E-state index contributed by atoms with van der Waals surface area (Å²) < 4.78 is 1.96. The molecule has 6 nitrogen and oxygen atoms in total. The van der Waals surface area contributed by atoms with E-state index in [1.165, 1.54) is 11.3 Å². The number of nitrogens with one attached hydrogen (secondary N) is 2. The van der Waals surface area contributed by atoms with Gasteiger partial charge in [0, 0.05) is 38.6 Å². The van der Waals surface area contributed by atoms with Crippen LogP contribution in [-0.4, -0.2) is 54.0 Å². The van der Waals surface area contributed by atoms with Crippen LogP contribution in [0.3, 0.4) is 0 Å². The molecule has 2 aromatic rings. The average molecular weight is 346 g/mol. The second-order valence-electron chi connectivity index (χ2n) is 5.92. The number of rotatable bonds is 5. The summed E-state index contributed by atoms with van der Waals surface area (Å²) in [6, 6.07) is 6.02. The molecule has 0 unspecified atom stereocenters. The van der Waals surface area contributed by atoms with Crippen molar-refractivity contribution in [2.24, 2.45) is 0 Å². The molecule has 0 atom stereocenters. The first-order valence-electron chi connectivity index (χ1n) is 8.12. The lowest BCUT2D eigenvalue weighted by Crippen LogP contribution is -2.47.